The van der Waals surface area contributed by atoms with Gasteiger partial charge in [-0.25, -0.2) is 4.99 Å². The van der Waals surface area contributed by atoms with Gasteiger partial charge in [0.1, 0.15) is 48.8 Å². The standard InChI is InChI=1S/C22H38N2O11/c1-5-31-22(3,4)7-6-13(26)23-8-11-15(27)17(29)18(30)21(33-11)35-19-12(9-25)34-20-14(16(19)28)24-10(2)32-20/h11-12,14-21,25,27-30H,5-9H2,1-4H3,(H,23,26). The molecule has 13 heteroatoms. The van der Waals surface area contributed by atoms with Crippen LogP contribution in [0.1, 0.15) is 40.5 Å². The number of carbonyl (C=O) groups is 1. The van der Waals surface area contributed by atoms with Gasteiger partial charge in [0.05, 0.1) is 12.2 Å². The minimum Gasteiger partial charge on any atom is -0.450 e. The van der Waals surface area contributed by atoms with E-state index in [2.05, 4.69) is 10.3 Å². The Bertz CT molecular complexity index is 751. The Balaban J connectivity index is 1.60. The highest BCUT2D eigenvalue weighted by atomic mass is 16.7. The number of hydrogen-bond donors (Lipinski definition) is 6. The molecule has 1 amide bonds. The number of nitrogens with one attached hydrogen (secondary N) is 1. The van der Waals surface area contributed by atoms with Crippen LogP contribution in [0.15, 0.2) is 4.99 Å². The van der Waals surface area contributed by atoms with Gasteiger partial charge < -0.3 is 54.5 Å². The van der Waals surface area contributed by atoms with Crippen LogP contribution in [0.5, 0.6) is 0 Å². The monoisotopic (exact) mass is 506 g/mol. The molecule has 0 aromatic carbocycles. The lowest BCUT2D eigenvalue weighted by molar-refractivity contribution is -0.338. The summed E-state index contributed by atoms with van der Waals surface area (Å²) in [5, 5.41) is 54.3. The lowest BCUT2D eigenvalue weighted by Crippen LogP contribution is -2.64. The van der Waals surface area contributed by atoms with Crippen molar-refractivity contribution in [3.63, 3.8) is 0 Å². The number of amides is 1. The Morgan fingerprint density at radius 1 is 1.09 bits per heavy atom. The van der Waals surface area contributed by atoms with Crippen LogP contribution in [0.25, 0.3) is 0 Å². The normalized spacial score (nSPS) is 39.5. The van der Waals surface area contributed by atoms with Gasteiger partial charge in [0.15, 0.2) is 12.2 Å². The van der Waals surface area contributed by atoms with Gasteiger partial charge >= 0.3 is 0 Å². The first-order valence-electron chi connectivity index (χ1n) is 11.9. The molecule has 0 aromatic heterocycles. The third-order valence-corrected chi connectivity index (χ3v) is 6.39. The highest BCUT2D eigenvalue weighted by Gasteiger charge is 2.52. The van der Waals surface area contributed by atoms with Gasteiger partial charge in [-0.1, -0.05) is 0 Å². The van der Waals surface area contributed by atoms with E-state index in [-0.39, 0.29) is 18.9 Å². The van der Waals surface area contributed by atoms with Gasteiger partial charge in [0.25, 0.3) is 0 Å². The van der Waals surface area contributed by atoms with Crippen LogP contribution in [0.2, 0.25) is 0 Å². The molecule has 3 aliphatic heterocycles. The van der Waals surface area contributed by atoms with Gasteiger partial charge in [0.2, 0.25) is 12.2 Å². The number of aliphatic hydroxyl groups excluding tert-OH is 5. The van der Waals surface area contributed by atoms with Crippen LogP contribution in [-0.2, 0) is 28.5 Å². The van der Waals surface area contributed by atoms with Crippen molar-refractivity contribution in [2.45, 2.75) is 107 Å². The predicted octanol–water partition coefficient (Wildman–Crippen LogP) is -2.21. The summed E-state index contributed by atoms with van der Waals surface area (Å²) in [6, 6.07) is -0.810. The first kappa shape index (κ1) is 28.2. The van der Waals surface area contributed by atoms with Gasteiger partial charge in [-0.3, -0.25) is 4.79 Å². The van der Waals surface area contributed by atoms with Gasteiger partial charge in [-0.05, 0) is 27.2 Å². The quantitative estimate of drug-likeness (QED) is 0.188. The maximum atomic E-state index is 12.3. The second-order valence-electron chi connectivity index (χ2n) is 9.58. The van der Waals surface area contributed by atoms with Crippen LogP contribution >= 0.6 is 0 Å². The van der Waals surface area contributed by atoms with E-state index >= 15 is 0 Å². The Kier molecular flexibility index (Phi) is 9.45. The summed E-state index contributed by atoms with van der Waals surface area (Å²) in [5.41, 5.74) is -0.468. The molecule has 35 heavy (non-hydrogen) atoms. The molecule has 0 aliphatic carbocycles. The Labute approximate surface area is 204 Å². The Morgan fingerprint density at radius 2 is 1.80 bits per heavy atom. The highest BCUT2D eigenvalue weighted by molar-refractivity contribution is 5.76. The molecule has 2 fully saturated rings. The molecule has 0 bridgehead atoms. The number of aliphatic imine (C=N–C) groups is 1. The molecule has 3 aliphatic rings. The summed E-state index contributed by atoms with van der Waals surface area (Å²) in [4.78, 5) is 16.5. The zero-order chi connectivity index (χ0) is 25.9. The number of carbonyl (C=O) groups excluding carboxylic acids is 1. The summed E-state index contributed by atoms with van der Waals surface area (Å²) >= 11 is 0. The first-order chi connectivity index (χ1) is 16.5. The SMILES string of the molecule is CCOC(C)(C)CCC(=O)NCC1OC(OC2C(CO)OC3OC(C)=NC3C2O)C(O)C(O)C1O. The molecule has 0 radical (unpaired) electrons. The van der Waals surface area contributed by atoms with Crippen molar-refractivity contribution in [1.82, 2.24) is 5.32 Å². The van der Waals surface area contributed by atoms with Gasteiger partial charge in [0, 0.05) is 26.5 Å². The second-order valence-corrected chi connectivity index (χ2v) is 9.58. The van der Waals surface area contributed by atoms with Crippen LogP contribution in [0.3, 0.4) is 0 Å². The van der Waals surface area contributed by atoms with Gasteiger partial charge in [-0.15, -0.1) is 0 Å². The average Bonchev–Trinajstić information content (AvgIpc) is 3.19. The maximum Gasteiger partial charge on any atom is 0.227 e. The third kappa shape index (κ3) is 6.67. The summed E-state index contributed by atoms with van der Waals surface area (Å²) in [7, 11) is 0. The number of nitrogens with zero attached hydrogens (tertiary/aromatic N) is 1. The van der Waals surface area contributed by atoms with E-state index in [1.807, 2.05) is 20.8 Å². The van der Waals surface area contributed by atoms with Crippen molar-refractivity contribution in [3.8, 4) is 0 Å². The summed E-state index contributed by atoms with van der Waals surface area (Å²) in [6.45, 7) is 7.07. The maximum absolute atomic E-state index is 12.3. The summed E-state index contributed by atoms with van der Waals surface area (Å²) < 4.78 is 28.0. The van der Waals surface area contributed by atoms with E-state index in [0.717, 1.165) is 0 Å². The molecule has 2 saturated heterocycles. The molecule has 13 nitrogen and oxygen atoms in total. The molecular weight excluding hydrogens is 468 g/mol. The molecule has 10 unspecified atom stereocenters. The van der Waals surface area contributed by atoms with E-state index < -0.39 is 73.6 Å². The molecule has 0 aromatic rings. The number of ether oxygens (including phenoxy) is 5. The van der Waals surface area contributed by atoms with Crippen molar-refractivity contribution in [3.05, 3.63) is 0 Å². The minimum absolute atomic E-state index is 0.159. The minimum atomic E-state index is -1.67. The fourth-order valence-corrected chi connectivity index (χ4v) is 4.40. The molecule has 3 rings (SSSR count). The van der Waals surface area contributed by atoms with E-state index in [1.54, 1.807) is 6.92 Å². The van der Waals surface area contributed by atoms with Crippen molar-refractivity contribution in [2.75, 3.05) is 19.8 Å². The molecule has 6 N–H and O–H groups in total. The number of aliphatic hydroxyl groups is 5. The molecule has 0 saturated carbocycles. The zero-order valence-electron chi connectivity index (χ0n) is 20.4. The smallest absolute Gasteiger partial charge is 0.227 e. The first-order valence-corrected chi connectivity index (χ1v) is 11.9. The van der Waals surface area contributed by atoms with Crippen molar-refractivity contribution in [2.24, 2.45) is 4.99 Å². The molecule has 3 heterocycles. The van der Waals surface area contributed by atoms with Crippen LogP contribution < -0.4 is 5.32 Å². The van der Waals surface area contributed by atoms with Crippen molar-refractivity contribution < 1.29 is 54.0 Å². The second kappa shape index (κ2) is 11.8. The predicted molar refractivity (Wildman–Crippen MR) is 119 cm³/mol. The largest absolute Gasteiger partial charge is 0.450 e. The lowest BCUT2D eigenvalue weighted by atomic mass is 9.96. The highest BCUT2D eigenvalue weighted by Crippen LogP contribution is 2.32. The van der Waals surface area contributed by atoms with E-state index in [1.165, 1.54) is 0 Å². The van der Waals surface area contributed by atoms with E-state index in [9.17, 15) is 30.3 Å². The number of hydrogen-bond acceptors (Lipinski definition) is 12. The Hall–Kier alpha value is -1.42. The number of rotatable bonds is 10. The van der Waals surface area contributed by atoms with Crippen LogP contribution in [0.4, 0.5) is 0 Å². The molecule has 0 spiro atoms. The Morgan fingerprint density at radius 3 is 2.46 bits per heavy atom. The van der Waals surface area contributed by atoms with Gasteiger partial charge in [-0.2, -0.15) is 0 Å². The third-order valence-electron chi connectivity index (χ3n) is 6.39. The van der Waals surface area contributed by atoms with Crippen molar-refractivity contribution >= 4 is 11.8 Å². The lowest BCUT2D eigenvalue weighted by Gasteiger charge is -2.45. The fraction of sp³-hybridized carbons (Fsp3) is 0.909. The number of fused-ring (bicyclic) bond motifs is 1. The van der Waals surface area contributed by atoms with Crippen molar-refractivity contribution in [1.29, 1.82) is 0 Å². The average molecular weight is 507 g/mol. The van der Waals surface area contributed by atoms with E-state index in [4.69, 9.17) is 23.7 Å². The van der Waals surface area contributed by atoms with Crippen LogP contribution in [0, 0.1) is 0 Å². The van der Waals surface area contributed by atoms with E-state index in [0.29, 0.717) is 18.9 Å². The molecule has 202 valence electrons. The topological polar surface area (TPSA) is 189 Å². The fourth-order valence-electron chi connectivity index (χ4n) is 4.40. The summed E-state index contributed by atoms with van der Waals surface area (Å²) in [6.07, 6.45) is -11.1. The zero-order valence-corrected chi connectivity index (χ0v) is 20.4. The van der Waals surface area contributed by atoms with Crippen LogP contribution in [-0.4, -0.2) is 124 Å². The summed E-state index contributed by atoms with van der Waals surface area (Å²) in [5.74, 6) is 0.00736. The molecule has 10 atom stereocenters. The molecular formula is C22H38N2O11.